The molecule has 7 nitrogen and oxygen atoms in total. The smallest absolute Gasteiger partial charge is 0.419 e. The molecule has 1 fully saturated rings. The molecule has 0 spiro atoms. The Balaban J connectivity index is 1.48. The van der Waals surface area contributed by atoms with E-state index in [1.165, 1.54) is 18.2 Å². The number of nitriles is 1. The van der Waals surface area contributed by atoms with Crippen LogP contribution in [-0.4, -0.2) is 36.7 Å². The minimum atomic E-state index is -4.62. The number of nitrogens with zero attached hydrogens (tertiary/aromatic N) is 4. The Labute approximate surface area is 201 Å². The third-order valence-electron chi connectivity index (χ3n) is 6.06. The van der Waals surface area contributed by atoms with Crippen LogP contribution < -0.4 is 20.7 Å². The molecule has 182 valence electrons. The molecule has 0 bridgehead atoms. The molecule has 3 aromatic rings. The maximum atomic E-state index is 13.9. The standard InChI is InChI=1S/C25H25F3N6O/c1-31-20-13-19(33-21(14-29)24(20)30)17-5-6-22(18(12-17)25(26,27)28)35-11-8-16-7-10-34(15-16)23-4-2-3-9-32-23/h2-6,9,12-13,16H,7-8,10-11,15,30H2,1H3,(H,31,33)/t16-/m0/s1. The van der Waals surface area contributed by atoms with Crippen molar-refractivity contribution in [3.05, 3.63) is 59.9 Å². The monoisotopic (exact) mass is 482 g/mol. The minimum Gasteiger partial charge on any atom is -0.493 e. The molecule has 1 aliphatic heterocycles. The van der Waals surface area contributed by atoms with Crippen LogP contribution in [0, 0.1) is 17.2 Å². The van der Waals surface area contributed by atoms with Crippen LogP contribution in [0.4, 0.5) is 30.4 Å². The third kappa shape index (κ3) is 5.40. The first-order chi connectivity index (χ1) is 16.8. The van der Waals surface area contributed by atoms with Crippen LogP contribution in [0.25, 0.3) is 11.3 Å². The zero-order valence-electron chi connectivity index (χ0n) is 19.1. The van der Waals surface area contributed by atoms with E-state index in [1.807, 2.05) is 24.3 Å². The second-order valence-electron chi connectivity index (χ2n) is 8.31. The molecule has 3 heterocycles. The number of hydrogen-bond acceptors (Lipinski definition) is 7. The summed E-state index contributed by atoms with van der Waals surface area (Å²) in [6.45, 7) is 1.83. The van der Waals surface area contributed by atoms with Gasteiger partial charge in [-0.3, -0.25) is 0 Å². The molecular weight excluding hydrogens is 457 g/mol. The van der Waals surface area contributed by atoms with E-state index in [-0.39, 0.29) is 35.0 Å². The zero-order valence-corrected chi connectivity index (χ0v) is 19.1. The van der Waals surface area contributed by atoms with Gasteiger partial charge < -0.3 is 20.7 Å². The Hall–Kier alpha value is -4.00. The first kappa shape index (κ1) is 24.1. The molecule has 3 N–H and O–H groups in total. The lowest BCUT2D eigenvalue weighted by Crippen LogP contribution is -2.21. The molecule has 10 heteroatoms. The average Bonchev–Trinajstić information content (AvgIpc) is 3.33. The first-order valence-corrected chi connectivity index (χ1v) is 11.2. The van der Waals surface area contributed by atoms with Crippen LogP contribution in [0.3, 0.4) is 0 Å². The van der Waals surface area contributed by atoms with Crippen molar-refractivity contribution in [2.75, 3.05) is 42.7 Å². The number of benzene rings is 1. The van der Waals surface area contributed by atoms with Crippen LogP contribution in [0.15, 0.2) is 48.7 Å². The van der Waals surface area contributed by atoms with Crippen molar-refractivity contribution in [2.45, 2.75) is 19.0 Å². The summed E-state index contributed by atoms with van der Waals surface area (Å²) in [6.07, 6.45) is -1.30. The second kappa shape index (κ2) is 10.1. The minimum absolute atomic E-state index is 0.0583. The zero-order chi connectivity index (χ0) is 25.0. The molecule has 0 aliphatic carbocycles. The topological polar surface area (TPSA) is 100 Å². The number of halogens is 3. The van der Waals surface area contributed by atoms with Gasteiger partial charge in [-0.05, 0) is 55.2 Å². The number of nitrogen functional groups attached to an aromatic ring is 1. The fourth-order valence-electron chi connectivity index (χ4n) is 4.18. The number of rotatable bonds is 7. The molecule has 0 saturated carbocycles. The summed E-state index contributed by atoms with van der Waals surface area (Å²) in [6, 6.07) is 12.9. The average molecular weight is 483 g/mol. The number of ether oxygens (including phenoxy) is 1. The Morgan fingerprint density at radius 3 is 2.77 bits per heavy atom. The fraction of sp³-hybridized carbons (Fsp3) is 0.320. The van der Waals surface area contributed by atoms with E-state index in [0.29, 0.717) is 18.0 Å². The van der Waals surface area contributed by atoms with Crippen molar-refractivity contribution < 1.29 is 17.9 Å². The molecule has 0 amide bonds. The molecule has 2 aromatic heterocycles. The maximum Gasteiger partial charge on any atom is 0.419 e. The van der Waals surface area contributed by atoms with E-state index >= 15 is 0 Å². The van der Waals surface area contributed by atoms with Gasteiger partial charge in [0.2, 0.25) is 0 Å². The van der Waals surface area contributed by atoms with E-state index in [4.69, 9.17) is 10.5 Å². The molecule has 0 unspecified atom stereocenters. The van der Waals surface area contributed by atoms with Crippen molar-refractivity contribution >= 4 is 17.2 Å². The highest BCUT2D eigenvalue weighted by molar-refractivity contribution is 5.77. The van der Waals surface area contributed by atoms with Crippen LogP contribution in [0.5, 0.6) is 5.75 Å². The molecular formula is C25H25F3N6O. The third-order valence-corrected chi connectivity index (χ3v) is 6.06. The van der Waals surface area contributed by atoms with Crippen molar-refractivity contribution in [3.8, 4) is 23.1 Å². The maximum absolute atomic E-state index is 13.9. The number of hydrogen-bond donors (Lipinski definition) is 2. The predicted molar refractivity (Wildman–Crippen MR) is 128 cm³/mol. The summed E-state index contributed by atoms with van der Waals surface area (Å²) in [7, 11) is 1.61. The summed E-state index contributed by atoms with van der Waals surface area (Å²) < 4.78 is 47.2. The van der Waals surface area contributed by atoms with Gasteiger partial charge >= 0.3 is 6.18 Å². The van der Waals surface area contributed by atoms with E-state index < -0.39 is 11.7 Å². The lowest BCUT2D eigenvalue weighted by atomic mass is 10.0. The summed E-state index contributed by atoms with van der Waals surface area (Å²) in [4.78, 5) is 10.7. The molecule has 1 aromatic carbocycles. The van der Waals surface area contributed by atoms with Gasteiger partial charge in [0.05, 0.1) is 29.2 Å². The van der Waals surface area contributed by atoms with Crippen LogP contribution in [0.2, 0.25) is 0 Å². The van der Waals surface area contributed by atoms with Gasteiger partial charge in [-0.25, -0.2) is 9.97 Å². The van der Waals surface area contributed by atoms with Crippen LogP contribution >= 0.6 is 0 Å². The Morgan fingerprint density at radius 2 is 2.09 bits per heavy atom. The van der Waals surface area contributed by atoms with Crippen LogP contribution in [-0.2, 0) is 6.18 Å². The Kier molecular flexibility index (Phi) is 6.96. The van der Waals surface area contributed by atoms with Crippen molar-refractivity contribution in [2.24, 2.45) is 5.92 Å². The van der Waals surface area contributed by atoms with E-state index in [0.717, 1.165) is 31.4 Å². The number of alkyl halides is 3. The number of nitrogens with two attached hydrogens (primary N) is 1. The Morgan fingerprint density at radius 1 is 1.26 bits per heavy atom. The molecule has 4 rings (SSSR count). The highest BCUT2D eigenvalue weighted by Gasteiger charge is 2.35. The lowest BCUT2D eigenvalue weighted by Gasteiger charge is -2.18. The van der Waals surface area contributed by atoms with Gasteiger partial charge in [-0.1, -0.05) is 6.07 Å². The summed E-state index contributed by atoms with van der Waals surface area (Å²) in [5.74, 6) is 0.989. The van der Waals surface area contributed by atoms with Crippen molar-refractivity contribution in [1.29, 1.82) is 5.26 Å². The SMILES string of the molecule is CNc1cc(-c2ccc(OCC[C@@H]3CCN(c4ccccn4)C3)c(C(F)(F)F)c2)nc(C#N)c1N. The summed E-state index contributed by atoms with van der Waals surface area (Å²) >= 11 is 0. The molecule has 1 aliphatic rings. The Bertz CT molecular complexity index is 1230. The molecule has 35 heavy (non-hydrogen) atoms. The van der Waals surface area contributed by atoms with Gasteiger partial charge in [0, 0.05) is 31.9 Å². The molecule has 1 saturated heterocycles. The van der Waals surface area contributed by atoms with Gasteiger partial charge in [0.25, 0.3) is 0 Å². The number of nitrogens with one attached hydrogen (secondary N) is 1. The van der Waals surface area contributed by atoms with E-state index in [2.05, 4.69) is 20.2 Å². The van der Waals surface area contributed by atoms with Crippen molar-refractivity contribution in [1.82, 2.24) is 9.97 Å². The number of anilines is 3. The van der Waals surface area contributed by atoms with Crippen molar-refractivity contribution in [3.63, 3.8) is 0 Å². The largest absolute Gasteiger partial charge is 0.493 e. The van der Waals surface area contributed by atoms with Gasteiger partial charge in [0.15, 0.2) is 5.69 Å². The number of pyridine rings is 2. The highest BCUT2D eigenvalue weighted by atomic mass is 19.4. The fourth-order valence-corrected chi connectivity index (χ4v) is 4.18. The summed E-state index contributed by atoms with van der Waals surface area (Å²) in [5, 5.41) is 12.1. The van der Waals surface area contributed by atoms with Gasteiger partial charge in [-0.15, -0.1) is 0 Å². The highest BCUT2D eigenvalue weighted by Crippen LogP contribution is 2.39. The van der Waals surface area contributed by atoms with Gasteiger partial charge in [-0.2, -0.15) is 18.4 Å². The van der Waals surface area contributed by atoms with E-state index in [9.17, 15) is 18.4 Å². The normalized spacial score (nSPS) is 15.6. The van der Waals surface area contributed by atoms with Gasteiger partial charge in [0.1, 0.15) is 17.6 Å². The lowest BCUT2D eigenvalue weighted by molar-refractivity contribution is -0.138. The first-order valence-electron chi connectivity index (χ1n) is 11.2. The number of aromatic nitrogens is 2. The molecule has 1 atom stereocenters. The quantitative estimate of drug-likeness (QED) is 0.491. The predicted octanol–water partition coefficient (Wildman–Crippen LogP) is 4.95. The second-order valence-corrected chi connectivity index (χ2v) is 8.31. The molecule has 0 radical (unpaired) electrons. The van der Waals surface area contributed by atoms with Crippen LogP contribution in [0.1, 0.15) is 24.1 Å². The summed E-state index contributed by atoms with van der Waals surface area (Å²) in [5.41, 5.74) is 5.89. The van der Waals surface area contributed by atoms with E-state index in [1.54, 1.807) is 13.2 Å².